The summed E-state index contributed by atoms with van der Waals surface area (Å²) in [5.41, 5.74) is 5.34. The van der Waals surface area contributed by atoms with Gasteiger partial charge in [0.2, 0.25) is 0 Å². The first-order chi connectivity index (χ1) is 6.61. The van der Waals surface area contributed by atoms with Crippen molar-refractivity contribution in [3.63, 3.8) is 0 Å². The summed E-state index contributed by atoms with van der Waals surface area (Å²) >= 11 is 1.53. The lowest BCUT2D eigenvalue weighted by Gasteiger charge is -2.12. The molecule has 0 saturated heterocycles. The van der Waals surface area contributed by atoms with Crippen molar-refractivity contribution < 1.29 is 9.90 Å². The van der Waals surface area contributed by atoms with Gasteiger partial charge < -0.3 is 16.2 Å². The predicted molar refractivity (Wildman–Crippen MR) is 54.1 cm³/mol. The molecule has 0 amide bonds. The quantitative estimate of drug-likeness (QED) is 0.653. The lowest BCUT2D eigenvalue weighted by molar-refractivity contribution is -0.138. The van der Waals surface area contributed by atoms with Crippen LogP contribution in [0.4, 0.5) is 0 Å². The van der Waals surface area contributed by atoms with Crippen molar-refractivity contribution in [1.29, 1.82) is 0 Å². The fraction of sp³-hybridized carbons (Fsp3) is 0.500. The van der Waals surface area contributed by atoms with Gasteiger partial charge in [-0.2, -0.15) is 0 Å². The highest BCUT2D eigenvalue weighted by Crippen LogP contribution is 2.13. The van der Waals surface area contributed by atoms with Crippen molar-refractivity contribution in [2.45, 2.75) is 19.0 Å². The maximum absolute atomic E-state index is 10.4. The van der Waals surface area contributed by atoms with Gasteiger partial charge in [0.05, 0.1) is 6.04 Å². The van der Waals surface area contributed by atoms with Crippen LogP contribution in [0.5, 0.6) is 0 Å². The van der Waals surface area contributed by atoms with E-state index in [4.69, 9.17) is 10.8 Å². The topological polar surface area (TPSA) is 88.2 Å². The first kappa shape index (κ1) is 11.1. The Labute approximate surface area is 86.0 Å². The van der Waals surface area contributed by atoms with Crippen molar-refractivity contribution in [2.24, 2.45) is 5.73 Å². The predicted octanol–water partition coefficient (Wildman–Crippen LogP) is 0.206. The summed E-state index contributed by atoms with van der Waals surface area (Å²) < 4.78 is 0. The number of rotatable bonds is 5. The van der Waals surface area contributed by atoms with E-state index in [2.05, 4.69) is 10.3 Å². The summed E-state index contributed by atoms with van der Waals surface area (Å²) in [6, 6.07) is -0.821. The number of carbonyl (C=O) groups is 1. The zero-order valence-corrected chi connectivity index (χ0v) is 8.62. The Morgan fingerprint density at radius 1 is 1.86 bits per heavy atom. The van der Waals surface area contributed by atoms with Gasteiger partial charge in [0.25, 0.3) is 0 Å². The van der Waals surface area contributed by atoms with E-state index in [9.17, 15) is 4.79 Å². The van der Waals surface area contributed by atoms with Crippen molar-refractivity contribution in [1.82, 2.24) is 10.3 Å². The molecule has 0 spiro atoms. The van der Waals surface area contributed by atoms with Crippen LogP contribution in [0.1, 0.15) is 18.0 Å². The Balaban J connectivity index is 2.35. The van der Waals surface area contributed by atoms with Crippen molar-refractivity contribution in [3.8, 4) is 0 Å². The Hall–Kier alpha value is -0.980. The second kappa shape index (κ2) is 5.04. The van der Waals surface area contributed by atoms with Crippen LogP contribution in [0.3, 0.4) is 0 Å². The van der Waals surface area contributed by atoms with Crippen LogP contribution in [0, 0.1) is 0 Å². The average Bonchev–Trinajstić information content (AvgIpc) is 2.66. The molecule has 2 atom stereocenters. The molecule has 1 heterocycles. The molecule has 14 heavy (non-hydrogen) atoms. The number of nitrogens with zero attached hydrogens (tertiary/aromatic N) is 1. The molecule has 0 fully saturated rings. The molecule has 2 unspecified atom stereocenters. The Kier molecular flexibility index (Phi) is 3.99. The van der Waals surface area contributed by atoms with E-state index in [0.717, 1.165) is 5.01 Å². The first-order valence-corrected chi connectivity index (χ1v) is 5.10. The lowest BCUT2D eigenvalue weighted by Crippen LogP contribution is -2.41. The maximum Gasteiger partial charge on any atom is 0.321 e. The van der Waals surface area contributed by atoms with Crippen LogP contribution in [0.15, 0.2) is 11.6 Å². The normalized spacial score (nSPS) is 15.0. The Morgan fingerprint density at radius 3 is 3.07 bits per heavy atom. The first-order valence-electron chi connectivity index (χ1n) is 4.22. The van der Waals surface area contributed by atoms with E-state index in [0.29, 0.717) is 0 Å². The van der Waals surface area contributed by atoms with E-state index in [1.165, 1.54) is 11.3 Å². The monoisotopic (exact) mass is 215 g/mol. The van der Waals surface area contributed by atoms with Gasteiger partial charge >= 0.3 is 5.97 Å². The van der Waals surface area contributed by atoms with Crippen LogP contribution in [0.25, 0.3) is 0 Å². The van der Waals surface area contributed by atoms with E-state index < -0.39 is 12.0 Å². The molecule has 0 aliphatic heterocycles. The van der Waals surface area contributed by atoms with Gasteiger partial charge in [0, 0.05) is 18.1 Å². The van der Waals surface area contributed by atoms with E-state index in [1.807, 2.05) is 12.3 Å². The van der Waals surface area contributed by atoms with Gasteiger partial charge in [-0.1, -0.05) is 0 Å². The standard InChI is InChI=1S/C8H13N3O2S/c1-5(7-10-2-3-14-7)11-4-6(9)8(12)13/h2-3,5-6,11H,4,9H2,1H3,(H,12,13). The summed E-state index contributed by atoms with van der Waals surface area (Å²) in [6.07, 6.45) is 1.72. The number of hydrogen-bond acceptors (Lipinski definition) is 5. The Bertz CT molecular complexity index is 289. The molecule has 0 aromatic carbocycles. The van der Waals surface area contributed by atoms with Gasteiger partial charge in [-0.3, -0.25) is 4.79 Å². The number of carboxylic acid groups (broad SMARTS) is 1. The minimum atomic E-state index is -0.996. The highest BCUT2D eigenvalue weighted by atomic mass is 32.1. The minimum Gasteiger partial charge on any atom is -0.480 e. The van der Waals surface area contributed by atoms with Crippen molar-refractivity contribution in [3.05, 3.63) is 16.6 Å². The number of thiazole rings is 1. The summed E-state index contributed by atoms with van der Waals surface area (Å²) in [6.45, 7) is 2.17. The molecule has 4 N–H and O–H groups in total. The zero-order valence-electron chi connectivity index (χ0n) is 7.80. The van der Waals surface area contributed by atoms with Gasteiger partial charge in [0.15, 0.2) is 0 Å². The molecular weight excluding hydrogens is 202 g/mol. The van der Waals surface area contributed by atoms with Crippen LogP contribution in [-0.2, 0) is 4.79 Å². The molecule has 0 saturated carbocycles. The van der Waals surface area contributed by atoms with Crippen molar-refractivity contribution >= 4 is 17.3 Å². The SMILES string of the molecule is CC(NCC(N)C(=O)O)c1nccs1. The third-order valence-electron chi connectivity index (χ3n) is 1.78. The molecule has 0 radical (unpaired) electrons. The number of nitrogens with one attached hydrogen (secondary N) is 1. The number of nitrogens with two attached hydrogens (primary N) is 1. The molecule has 5 nitrogen and oxygen atoms in total. The van der Waals surface area contributed by atoms with Crippen LogP contribution in [-0.4, -0.2) is 28.6 Å². The molecule has 0 aliphatic carbocycles. The van der Waals surface area contributed by atoms with Crippen LogP contribution >= 0.6 is 11.3 Å². The molecule has 0 bridgehead atoms. The zero-order chi connectivity index (χ0) is 10.6. The fourth-order valence-corrected chi connectivity index (χ4v) is 1.60. The number of aromatic nitrogens is 1. The Morgan fingerprint density at radius 2 is 2.57 bits per heavy atom. The number of hydrogen-bond donors (Lipinski definition) is 3. The number of aliphatic carboxylic acids is 1. The van der Waals surface area contributed by atoms with Gasteiger partial charge in [-0.15, -0.1) is 11.3 Å². The van der Waals surface area contributed by atoms with Gasteiger partial charge in [-0.05, 0) is 6.92 Å². The molecule has 1 aromatic heterocycles. The van der Waals surface area contributed by atoms with Gasteiger partial charge in [0.1, 0.15) is 11.0 Å². The molecule has 1 aromatic rings. The largest absolute Gasteiger partial charge is 0.480 e. The van der Waals surface area contributed by atoms with Crippen LogP contribution < -0.4 is 11.1 Å². The fourth-order valence-electron chi connectivity index (χ4n) is 0.927. The summed E-state index contributed by atoms with van der Waals surface area (Å²) in [7, 11) is 0. The van der Waals surface area contributed by atoms with E-state index in [-0.39, 0.29) is 12.6 Å². The maximum atomic E-state index is 10.4. The van der Waals surface area contributed by atoms with E-state index >= 15 is 0 Å². The lowest BCUT2D eigenvalue weighted by atomic mass is 10.3. The minimum absolute atomic E-state index is 0.0420. The molecule has 6 heteroatoms. The summed E-state index contributed by atoms with van der Waals surface area (Å²) in [5, 5.41) is 14.4. The third kappa shape index (κ3) is 3.06. The molecule has 0 aliphatic rings. The van der Waals surface area contributed by atoms with E-state index in [1.54, 1.807) is 6.20 Å². The second-order valence-electron chi connectivity index (χ2n) is 2.95. The third-order valence-corrected chi connectivity index (χ3v) is 2.74. The highest BCUT2D eigenvalue weighted by molar-refractivity contribution is 7.09. The highest BCUT2D eigenvalue weighted by Gasteiger charge is 2.13. The summed E-state index contributed by atoms with van der Waals surface area (Å²) in [4.78, 5) is 14.5. The molecule has 78 valence electrons. The van der Waals surface area contributed by atoms with Crippen molar-refractivity contribution in [2.75, 3.05) is 6.54 Å². The van der Waals surface area contributed by atoms with Gasteiger partial charge in [-0.25, -0.2) is 4.98 Å². The summed E-state index contributed by atoms with van der Waals surface area (Å²) in [5.74, 6) is -0.996. The number of carboxylic acids is 1. The average molecular weight is 215 g/mol. The smallest absolute Gasteiger partial charge is 0.321 e. The molecule has 1 rings (SSSR count). The second-order valence-corrected chi connectivity index (χ2v) is 3.87. The molecular formula is C8H13N3O2S. The van der Waals surface area contributed by atoms with Crippen LogP contribution in [0.2, 0.25) is 0 Å².